The summed E-state index contributed by atoms with van der Waals surface area (Å²) >= 11 is 0. The number of likely N-dealkylation sites (tertiary alicyclic amines) is 1. The Morgan fingerprint density at radius 1 is 1.04 bits per heavy atom. The van der Waals surface area contributed by atoms with E-state index in [1.165, 1.54) is 12.8 Å². The third-order valence-electron chi connectivity index (χ3n) is 6.33. The number of Topliss-reactive ketones (excluding diaryl/α,β-unsaturated/α-hetero) is 1. The molecule has 2 aliphatic rings. The number of carbonyl (C=O) groups is 2. The van der Waals surface area contributed by atoms with Crippen LogP contribution in [0, 0.1) is 23.7 Å². The number of likely N-dealkylation sites (N-methyl/N-ethyl adjacent to an activating group) is 1. The smallest absolute Gasteiger partial charge is 0.223 e. The lowest BCUT2D eigenvalue weighted by molar-refractivity contribution is -0.138. The van der Waals surface area contributed by atoms with Crippen LogP contribution in [0.3, 0.4) is 0 Å². The van der Waals surface area contributed by atoms with Crippen molar-refractivity contribution in [1.82, 2.24) is 10.2 Å². The largest absolute Gasteiger partial charge is 0.354 e. The molecule has 4 heteroatoms. The Morgan fingerprint density at radius 3 is 2.33 bits per heavy atom. The van der Waals surface area contributed by atoms with E-state index in [2.05, 4.69) is 31.0 Å². The SMILES string of the molecule is CCN1CCC[C@@H]1CNC(=O)[C@H]1CCCC[C@H]1C(=O)[C@@H](C)C(C)C. The van der Waals surface area contributed by atoms with Crippen LogP contribution in [-0.2, 0) is 9.59 Å². The monoisotopic (exact) mass is 336 g/mol. The summed E-state index contributed by atoms with van der Waals surface area (Å²) in [6, 6.07) is 0.478. The number of hydrogen-bond acceptors (Lipinski definition) is 3. The Balaban J connectivity index is 1.94. The second kappa shape index (κ2) is 8.98. The van der Waals surface area contributed by atoms with E-state index in [-0.39, 0.29) is 23.7 Å². The summed E-state index contributed by atoms with van der Waals surface area (Å²) in [6.45, 7) is 11.3. The first kappa shape index (κ1) is 19.4. The van der Waals surface area contributed by atoms with Crippen LogP contribution < -0.4 is 5.32 Å². The van der Waals surface area contributed by atoms with Gasteiger partial charge in [0.1, 0.15) is 5.78 Å². The maximum Gasteiger partial charge on any atom is 0.223 e. The average Bonchev–Trinajstić information content (AvgIpc) is 3.05. The molecule has 1 aliphatic carbocycles. The minimum atomic E-state index is -0.107. The highest BCUT2D eigenvalue weighted by Gasteiger charge is 2.38. The Labute approximate surface area is 147 Å². The summed E-state index contributed by atoms with van der Waals surface area (Å²) in [7, 11) is 0. The topological polar surface area (TPSA) is 49.4 Å². The molecule has 1 aliphatic heterocycles. The van der Waals surface area contributed by atoms with Crippen molar-refractivity contribution in [2.24, 2.45) is 23.7 Å². The van der Waals surface area contributed by atoms with E-state index < -0.39 is 0 Å². The van der Waals surface area contributed by atoms with Gasteiger partial charge < -0.3 is 5.32 Å². The molecule has 0 aromatic rings. The fourth-order valence-corrected chi connectivity index (χ4v) is 4.34. The lowest BCUT2D eigenvalue weighted by Crippen LogP contribution is -2.46. The van der Waals surface area contributed by atoms with Gasteiger partial charge in [0.2, 0.25) is 5.91 Å². The van der Waals surface area contributed by atoms with Gasteiger partial charge in [-0.15, -0.1) is 0 Å². The minimum Gasteiger partial charge on any atom is -0.354 e. The first-order chi connectivity index (χ1) is 11.5. The molecule has 1 saturated heterocycles. The molecular formula is C20H36N2O2. The number of nitrogens with one attached hydrogen (secondary N) is 1. The van der Waals surface area contributed by atoms with Crippen molar-refractivity contribution in [3.63, 3.8) is 0 Å². The highest BCUT2D eigenvalue weighted by molar-refractivity contribution is 5.90. The molecule has 0 radical (unpaired) electrons. The number of ketones is 1. The fourth-order valence-electron chi connectivity index (χ4n) is 4.34. The molecule has 0 spiro atoms. The summed E-state index contributed by atoms with van der Waals surface area (Å²) in [4.78, 5) is 28.0. The van der Waals surface area contributed by atoms with Gasteiger partial charge in [-0.2, -0.15) is 0 Å². The quantitative estimate of drug-likeness (QED) is 0.776. The predicted octanol–water partition coefficient (Wildman–Crippen LogP) is 3.25. The van der Waals surface area contributed by atoms with Crippen molar-refractivity contribution in [2.45, 2.75) is 72.3 Å². The van der Waals surface area contributed by atoms with Crippen molar-refractivity contribution in [3.8, 4) is 0 Å². The van der Waals surface area contributed by atoms with E-state index in [0.717, 1.165) is 45.3 Å². The normalized spacial score (nSPS) is 29.6. The second-order valence-corrected chi connectivity index (χ2v) is 8.10. The highest BCUT2D eigenvalue weighted by Crippen LogP contribution is 2.34. The van der Waals surface area contributed by atoms with Gasteiger partial charge in [0.05, 0.1) is 0 Å². The van der Waals surface area contributed by atoms with Gasteiger partial charge in [-0.25, -0.2) is 0 Å². The van der Waals surface area contributed by atoms with E-state index >= 15 is 0 Å². The zero-order valence-corrected chi connectivity index (χ0v) is 16.0. The maximum atomic E-state index is 12.8. The Hall–Kier alpha value is -0.900. The van der Waals surface area contributed by atoms with Crippen LogP contribution >= 0.6 is 0 Å². The van der Waals surface area contributed by atoms with E-state index in [9.17, 15) is 9.59 Å². The van der Waals surface area contributed by atoms with Crippen LogP contribution in [-0.4, -0.2) is 42.3 Å². The summed E-state index contributed by atoms with van der Waals surface area (Å²) in [5.41, 5.74) is 0. The third kappa shape index (κ3) is 4.59. The molecule has 0 unspecified atom stereocenters. The number of rotatable bonds is 7. The highest BCUT2D eigenvalue weighted by atomic mass is 16.2. The lowest BCUT2D eigenvalue weighted by Gasteiger charge is -2.33. The average molecular weight is 337 g/mol. The van der Waals surface area contributed by atoms with Crippen LogP contribution in [0.15, 0.2) is 0 Å². The lowest BCUT2D eigenvalue weighted by atomic mass is 9.72. The molecule has 0 bridgehead atoms. The van der Waals surface area contributed by atoms with E-state index in [0.29, 0.717) is 17.7 Å². The predicted molar refractivity (Wildman–Crippen MR) is 97.7 cm³/mol. The standard InChI is InChI=1S/C20H36N2O2/c1-5-22-12-8-9-16(22)13-21-20(24)18-11-7-6-10-17(18)19(23)15(4)14(2)3/h14-18H,5-13H2,1-4H3,(H,21,24)/t15-,16+,17+,18-/m0/s1. The molecule has 4 atom stereocenters. The summed E-state index contributed by atoms with van der Waals surface area (Å²) in [5, 5.41) is 3.18. The van der Waals surface area contributed by atoms with Crippen molar-refractivity contribution in [1.29, 1.82) is 0 Å². The van der Waals surface area contributed by atoms with Crippen LogP contribution in [0.1, 0.15) is 66.2 Å². The Bertz CT molecular complexity index is 435. The van der Waals surface area contributed by atoms with Gasteiger partial charge in [-0.3, -0.25) is 14.5 Å². The molecule has 2 rings (SSSR count). The molecule has 1 N–H and O–H groups in total. The van der Waals surface area contributed by atoms with Crippen molar-refractivity contribution in [2.75, 3.05) is 19.6 Å². The zero-order valence-electron chi connectivity index (χ0n) is 16.0. The van der Waals surface area contributed by atoms with Crippen LogP contribution in [0.25, 0.3) is 0 Å². The van der Waals surface area contributed by atoms with Crippen molar-refractivity contribution >= 4 is 11.7 Å². The van der Waals surface area contributed by atoms with E-state index in [1.807, 2.05) is 6.92 Å². The van der Waals surface area contributed by atoms with Gasteiger partial charge >= 0.3 is 0 Å². The molecule has 4 nitrogen and oxygen atoms in total. The first-order valence-corrected chi connectivity index (χ1v) is 10.0. The maximum absolute atomic E-state index is 12.8. The second-order valence-electron chi connectivity index (χ2n) is 8.10. The number of nitrogens with zero attached hydrogens (tertiary/aromatic N) is 1. The van der Waals surface area contributed by atoms with E-state index in [4.69, 9.17) is 0 Å². The number of amides is 1. The number of hydrogen-bond donors (Lipinski definition) is 1. The fraction of sp³-hybridized carbons (Fsp3) is 0.900. The molecule has 138 valence electrons. The van der Waals surface area contributed by atoms with Gasteiger partial charge in [0, 0.05) is 30.3 Å². The van der Waals surface area contributed by atoms with Crippen LogP contribution in [0.4, 0.5) is 0 Å². The van der Waals surface area contributed by atoms with Gasteiger partial charge in [0.15, 0.2) is 0 Å². The zero-order chi connectivity index (χ0) is 17.7. The summed E-state index contributed by atoms with van der Waals surface area (Å²) in [5.74, 6) is 0.646. The molecule has 0 aromatic carbocycles. The molecule has 1 heterocycles. The van der Waals surface area contributed by atoms with Gasteiger partial charge in [-0.05, 0) is 44.7 Å². The van der Waals surface area contributed by atoms with Gasteiger partial charge in [0.25, 0.3) is 0 Å². The molecule has 24 heavy (non-hydrogen) atoms. The Morgan fingerprint density at radius 2 is 1.71 bits per heavy atom. The van der Waals surface area contributed by atoms with Crippen LogP contribution in [0.2, 0.25) is 0 Å². The molecule has 0 aromatic heterocycles. The Kier molecular flexibility index (Phi) is 7.27. The molecule has 1 saturated carbocycles. The van der Waals surface area contributed by atoms with E-state index in [1.54, 1.807) is 0 Å². The van der Waals surface area contributed by atoms with Gasteiger partial charge in [-0.1, -0.05) is 40.5 Å². The molecule has 2 fully saturated rings. The van der Waals surface area contributed by atoms with Crippen molar-refractivity contribution in [3.05, 3.63) is 0 Å². The molecule has 1 amide bonds. The minimum absolute atomic E-state index is 0.0498. The molecular weight excluding hydrogens is 300 g/mol. The third-order valence-corrected chi connectivity index (χ3v) is 6.33. The number of carbonyl (C=O) groups excluding carboxylic acids is 2. The summed E-state index contributed by atoms with van der Waals surface area (Å²) in [6.07, 6.45) is 6.31. The summed E-state index contributed by atoms with van der Waals surface area (Å²) < 4.78 is 0. The van der Waals surface area contributed by atoms with Crippen molar-refractivity contribution < 1.29 is 9.59 Å². The van der Waals surface area contributed by atoms with Crippen LogP contribution in [0.5, 0.6) is 0 Å². The first-order valence-electron chi connectivity index (χ1n) is 10.0.